The number of hydrogen-bond acceptors (Lipinski definition) is 10. The third kappa shape index (κ3) is 6.88. The molecule has 2 aromatic heterocycles. The number of fused-ring (bicyclic) bond motifs is 5. The molecule has 7 heterocycles. The molecule has 0 radical (unpaired) electrons. The van der Waals surface area contributed by atoms with E-state index in [9.17, 15) is 14.4 Å². The summed E-state index contributed by atoms with van der Waals surface area (Å²) in [7, 11) is 0. The minimum atomic E-state index is -0.934. The van der Waals surface area contributed by atoms with Gasteiger partial charge in [-0.2, -0.15) is 15.2 Å². The summed E-state index contributed by atoms with van der Waals surface area (Å²) in [6.07, 6.45) is 9.08. The number of anilines is 1. The lowest BCUT2D eigenvalue weighted by Crippen LogP contribution is -2.55. The summed E-state index contributed by atoms with van der Waals surface area (Å²) in [5.74, 6) is -0.400. The number of morpholine rings is 1. The standard InChI is InChI=1S/C41H43ClF2N8O3/c42-33-8-2-6-26-5-1-7-31(35(26)33)37-36(44)38-32(20-46-37)39(48-40(47-38)54-25-41-13-4-16-51(41)21-27(43)19-41)50-17-18-52(28(22-50)12-14-45)34(53)9-3-15-49-23-29-10-11-30(24-49)55-29/h1-3,5-9,20,27-30H,4,10-13,15-19,21-25H2/b9-3+/t27-,28+,29?,30?,41+/m1/s1. The molecule has 2 aromatic carbocycles. The number of rotatable bonds is 9. The van der Waals surface area contributed by atoms with Crippen LogP contribution in [0, 0.1) is 17.1 Å². The van der Waals surface area contributed by atoms with E-state index in [1.54, 1.807) is 29.3 Å². The molecule has 14 heteroatoms. The first-order valence-electron chi connectivity index (χ1n) is 19.3. The average molecular weight is 769 g/mol. The van der Waals surface area contributed by atoms with Gasteiger partial charge in [-0.25, -0.2) is 8.78 Å². The molecule has 2 bridgehead atoms. The number of amides is 1. The summed E-state index contributed by atoms with van der Waals surface area (Å²) < 4.78 is 43.9. The van der Waals surface area contributed by atoms with Crippen molar-refractivity contribution >= 4 is 45.0 Å². The summed E-state index contributed by atoms with van der Waals surface area (Å²) >= 11 is 6.65. The van der Waals surface area contributed by atoms with Gasteiger partial charge in [0.1, 0.15) is 29.8 Å². The zero-order valence-electron chi connectivity index (χ0n) is 30.5. The first-order chi connectivity index (χ1) is 26.8. The number of nitrogens with zero attached hydrogens (tertiary/aromatic N) is 8. The van der Waals surface area contributed by atoms with Gasteiger partial charge in [0.05, 0.1) is 41.7 Å². The fourth-order valence-electron chi connectivity index (χ4n) is 9.52. The van der Waals surface area contributed by atoms with Crippen LogP contribution in [0.4, 0.5) is 14.6 Å². The van der Waals surface area contributed by atoms with E-state index in [-0.39, 0.29) is 54.9 Å². The van der Waals surface area contributed by atoms with Crippen molar-refractivity contribution in [1.29, 1.82) is 5.26 Å². The second kappa shape index (κ2) is 14.9. The Kier molecular flexibility index (Phi) is 9.79. The van der Waals surface area contributed by atoms with Crippen LogP contribution in [0.3, 0.4) is 0 Å². The Morgan fingerprint density at radius 1 is 1.09 bits per heavy atom. The van der Waals surface area contributed by atoms with E-state index in [0.717, 1.165) is 50.7 Å². The molecule has 5 atom stereocenters. The Balaban J connectivity index is 1.03. The number of nitriles is 1. The van der Waals surface area contributed by atoms with Gasteiger partial charge >= 0.3 is 6.01 Å². The molecule has 0 spiro atoms. The Morgan fingerprint density at radius 2 is 1.91 bits per heavy atom. The van der Waals surface area contributed by atoms with Gasteiger partial charge in [-0.3, -0.25) is 19.6 Å². The maximum atomic E-state index is 17.0. The van der Waals surface area contributed by atoms with Crippen LogP contribution in [0.25, 0.3) is 32.9 Å². The van der Waals surface area contributed by atoms with E-state index in [1.165, 1.54) is 0 Å². The van der Waals surface area contributed by atoms with Crippen LogP contribution in [0.5, 0.6) is 6.01 Å². The zero-order valence-corrected chi connectivity index (χ0v) is 31.3. The van der Waals surface area contributed by atoms with Gasteiger partial charge in [0.2, 0.25) is 5.91 Å². The highest BCUT2D eigenvalue weighted by Crippen LogP contribution is 2.41. The number of pyridine rings is 1. The van der Waals surface area contributed by atoms with Crippen molar-refractivity contribution in [2.45, 2.75) is 68.5 Å². The molecule has 5 aliphatic heterocycles. The fourth-order valence-corrected chi connectivity index (χ4v) is 9.80. The molecule has 0 N–H and O–H groups in total. The van der Waals surface area contributed by atoms with E-state index in [1.807, 2.05) is 35.2 Å². The van der Waals surface area contributed by atoms with Crippen molar-refractivity contribution in [2.75, 3.05) is 63.9 Å². The highest BCUT2D eigenvalue weighted by molar-refractivity contribution is 6.36. The Labute approximate surface area is 323 Å². The third-order valence-corrected chi connectivity index (χ3v) is 12.4. The van der Waals surface area contributed by atoms with E-state index in [4.69, 9.17) is 26.1 Å². The smallest absolute Gasteiger partial charge is 0.319 e. The van der Waals surface area contributed by atoms with Crippen molar-refractivity contribution in [1.82, 2.24) is 29.7 Å². The first kappa shape index (κ1) is 36.2. The number of halogens is 3. The Bertz CT molecular complexity index is 2190. The SMILES string of the molecule is N#CC[C@H]1CN(c2nc(OC[C@@]34CCCN3C[C@H](F)C4)nc3c(F)c(-c4cccc5cccc(Cl)c45)ncc23)CCN1C(=O)/C=C/CN1CC2CCC(C1)O2. The van der Waals surface area contributed by atoms with E-state index in [0.29, 0.717) is 59.8 Å². The molecule has 55 heavy (non-hydrogen) atoms. The molecule has 1 amide bonds. The molecule has 5 fully saturated rings. The van der Waals surface area contributed by atoms with E-state index >= 15 is 4.39 Å². The van der Waals surface area contributed by atoms with Crippen molar-refractivity contribution in [2.24, 2.45) is 0 Å². The number of aromatic nitrogens is 3. The first-order valence-corrected chi connectivity index (χ1v) is 19.7. The molecule has 5 aliphatic rings. The van der Waals surface area contributed by atoms with Gasteiger partial charge in [-0.1, -0.05) is 48.0 Å². The molecule has 9 rings (SSSR count). The highest BCUT2D eigenvalue weighted by Gasteiger charge is 2.49. The third-order valence-electron chi connectivity index (χ3n) is 12.1. The van der Waals surface area contributed by atoms with Crippen LogP contribution in [-0.2, 0) is 9.53 Å². The molecule has 11 nitrogen and oxygen atoms in total. The van der Waals surface area contributed by atoms with Crippen molar-refractivity contribution in [3.63, 3.8) is 0 Å². The van der Waals surface area contributed by atoms with Crippen LogP contribution >= 0.6 is 11.6 Å². The number of alkyl halides is 1. The molecule has 0 saturated carbocycles. The van der Waals surface area contributed by atoms with Crippen LogP contribution in [-0.4, -0.2) is 124 Å². The summed E-state index contributed by atoms with van der Waals surface area (Å²) in [5, 5.41) is 12.2. The Hall–Kier alpha value is -4.48. The van der Waals surface area contributed by atoms with Gasteiger partial charge < -0.3 is 19.3 Å². The van der Waals surface area contributed by atoms with E-state index < -0.39 is 23.6 Å². The molecule has 0 aliphatic carbocycles. The van der Waals surface area contributed by atoms with Crippen LogP contribution < -0.4 is 9.64 Å². The van der Waals surface area contributed by atoms with Crippen molar-refractivity contribution in [3.8, 4) is 23.3 Å². The number of likely N-dealkylation sites (tertiary alicyclic amines) is 1. The minimum Gasteiger partial charge on any atom is -0.461 e. The lowest BCUT2D eigenvalue weighted by molar-refractivity contribution is -0.128. The van der Waals surface area contributed by atoms with Crippen LogP contribution in [0.1, 0.15) is 38.5 Å². The number of carbonyl (C=O) groups excluding carboxylic acids is 1. The number of carbonyl (C=O) groups is 1. The molecule has 4 aromatic rings. The fraction of sp³-hybridized carbons (Fsp3) is 0.488. The lowest BCUT2D eigenvalue weighted by atomic mass is 9.95. The van der Waals surface area contributed by atoms with Crippen molar-refractivity contribution in [3.05, 3.63) is 65.6 Å². The monoisotopic (exact) mass is 768 g/mol. The normalized spacial score (nSPS) is 27.0. The predicted octanol–water partition coefficient (Wildman–Crippen LogP) is 5.94. The Morgan fingerprint density at radius 3 is 2.73 bits per heavy atom. The van der Waals surface area contributed by atoms with Crippen LogP contribution in [0.2, 0.25) is 5.02 Å². The van der Waals surface area contributed by atoms with Gasteiger partial charge in [-0.15, -0.1) is 0 Å². The lowest BCUT2D eigenvalue weighted by Gasteiger charge is -2.41. The molecular formula is C41H43ClF2N8O3. The second-order valence-corrected chi connectivity index (χ2v) is 16.0. The van der Waals surface area contributed by atoms with Crippen molar-refractivity contribution < 1.29 is 23.0 Å². The molecule has 2 unspecified atom stereocenters. The molecule has 5 saturated heterocycles. The summed E-state index contributed by atoms with van der Waals surface area (Å²) in [4.78, 5) is 35.8. The number of hydrogen-bond donors (Lipinski definition) is 0. The molecular weight excluding hydrogens is 726 g/mol. The zero-order chi connectivity index (χ0) is 37.7. The average Bonchev–Trinajstić information content (AvgIpc) is 3.84. The number of benzene rings is 2. The van der Waals surface area contributed by atoms with Gasteiger partial charge in [0.25, 0.3) is 0 Å². The maximum Gasteiger partial charge on any atom is 0.319 e. The topological polar surface area (TPSA) is 111 Å². The minimum absolute atomic E-state index is 0.0205. The van der Waals surface area contributed by atoms with Crippen LogP contribution in [0.15, 0.2) is 54.7 Å². The summed E-state index contributed by atoms with van der Waals surface area (Å²) in [5.41, 5.74) is 0.186. The molecule has 286 valence electrons. The maximum absolute atomic E-state index is 17.0. The quantitative estimate of drug-likeness (QED) is 0.190. The second-order valence-electron chi connectivity index (χ2n) is 15.6. The van der Waals surface area contributed by atoms with Gasteiger partial charge in [0, 0.05) is 80.5 Å². The summed E-state index contributed by atoms with van der Waals surface area (Å²) in [6, 6.07) is 12.9. The largest absolute Gasteiger partial charge is 0.461 e. The van der Waals surface area contributed by atoms with Gasteiger partial charge in [-0.05, 0) is 43.7 Å². The predicted molar refractivity (Wildman–Crippen MR) is 205 cm³/mol. The van der Waals surface area contributed by atoms with Gasteiger partial charge in [0.15, 0.2) is 5.82 Å². The number of piperazine rings is 1. The summed E-state index contributed by atoms with van der Waals surface area (Å²) in [6.45, 7) is 4.74. The van der Waals surface area contributed by atoms with E-state index in [2.05, 4.69) is 25.8 Å². The highest BCUT2D eigenvalue weighted by atomic mass is 35.5. The number of ether oxygens (including phenoxy) is 2.